The van der Waals surface area contributed by atoms with Crippen molar-refractivity contribution in [2.45, 2.75) is 85.8 Å². The Morgan fingerprint density at radius 3 is 1.95 bits per heavy atom. The van der Waals surface area contributed by atoms with Gasteiger partial charge in [-0.2, -0.15) is 29.8 Å². The molecule has 4 rings (SSSR count). The van der Waals surface area contributed by atoms with E-state index in [2.05, 4.69) is 0 Å². The number of methoxy groups -OCH3 is 1. The van der Waals surface area contributed by atoms with Gasteiger partial charge in [-0.25, -0.2) is 8.42 Å². The fraction of sp³-hybridized carbons (Fsp3) is 0.550. The van der Waals surface area contributed by atoms with E-state index in [4.69, 9.17) is 14.2 Å². The Morgan fingerprint density at radius 2 is 1.35 bits per heavy atom. The van der Waals surface area contributed by atoms with Crippen LogP contribution in [-0.2, 0) is 70.3 Å². The van der Waals surface area contributed by atoms with Gasteiger partial charge in [0.25, 0.3) is 30.4 Å². The van der Waals surface area contributed by atoms with Gasteiger partial charge >= 0.3 is 5.97 Å². The molecule has 0 aliphatic carbocycles. The lowest BCUT2D eigenvalue weighted by molar-refractivity contribution is -0.438. The van der Waals surface area contributed by atoms with Crippen LogP contribution in [-0.4, -0.2) is 138 Å². The lowest BCUT2D eigenvalue weighted by Gasteiger charge is -2.30. The number of allylic oxidation sites excluding steroid dienone is 4. The molecule has 0 radical (unpaired) electrons. The van der Waals surface area contributed by atoms with E-state index in [9.17, 15) is 61.8 Å². The van der Waals surface area contributed by atoms with Crippen molar-refractivity contribution in [3.8, 4) is 0 Å². The summed E-state index contributed by atoms with van der Waals surface area (Å²) in [6, 6.07) is 8.09. The maximum absolute atomic E-state index is 12.4. The van der Waals surface area contributed by atoms with Crippen LogP contribution >= 0.6 is 0 Å². The number of fused-ring (bicyclic) bond motifs is 2. The molecule has 0 bridgehead atoms. The molecule has 0 saturated carbocycles. The van der Waals surface area contributed by atoms with Gasteiger partial charge < -0.3 is 28.8 Å². The molecule has 4 N–H and O–H groups in total. The molecule has 0 aromatic heterocycles. The summed E-state index contributed by atoms with van der Waals surface area (Å²) >= 11 is 0. The fourth-order valence-electron chi connectivity index (χ4n) is 8.18. The second-order valence-electron chi connectivity index (χ2n) is 15.7. The van der Waals surface area contributed by atoms with Crippen LogP contribution < -0.4 is 4.90 Å². The first-order valence-electron chi connectivity index (χ1n) is 20.1. The Morgan fingerprint density at radius 1 is 0.762 bits per heavy atom. The number of unbranched alkanes of at least 4 members (excludes halogenated alkanes) is 2. The molecule has 2 aliphatic rings. The fourth-order valence-corrected chi connectivity index (χ4v) is 10.2. The topological polar surface area (TPSA) is 292 Å². The lowest BCUT2D eigenvalue weighted by Crippen LogP contribution is -2.32. The minimum absolute atomic E-state index is 0.0387. The van der Waals surface area contributed by atoms with E-state index in [0.29, 0.717) is 72.9 Å². The highest BCUT2D eigenvalue weighted by molar-refractivity contribution is 7.86. The molecule has 2 aromatic rings. The summed E-state index contributed by atoms with van der Waals surface area (Å²) in [4.78, 5) is 12.2. The Labute approximate surface area is 369 Å². The number of benzene rings is 2. The molecule has 2 aliphatic heterocycles. The van der Waals surface area contributed by atoms with E-state index < -0.39 is 78.6 Å². The molecule has 0 saturated heterocycles. The minimum atomic E-state index is -4.70. The minimum Gasteiger partial charge on any atom is -0.748 e. The van der Waals surface area contributed by atoms with Gasteiger partial charge in [-0.05, 0) is 94.3 Å². The van der Waals surface area contributed by atoms with Gasteiger partial charge in [0.05, 0.1) is 64.1 Å². The highest BCUT2D eigenvalue weighted by atomic mass is 32.2. The largest absolute Gasteiger partial charge is 0.748 e. The SMILES string of the molecule is COCCOCCOCCN1C(=CC=CC2=[N+](CCCCCC(=O)O)c3ccc(S(=O)(=O)O)cc3C2(C)CCCS(=O)(=O)O)C(C)(CCCS(=O)(=O)[O-])c2cc(S(=O)(=O)O)ccc21. The first-order chi connectivity index (χ1) is 29.3. The third kappa shape index (κ3) is 14.2. The molecule has 23 heteroatoms. The number of ether oxygens (including phenoxy) is 3. The number of hydrogen-bond donors (Lipinski definition) is 4. The zero-order valence-corrected chi connectivity index (χ0v) is 38.6. The number of nitrogens with zero attached hydrogens (tertiary/aromatic N) is 2. The van der Waals surface area contributed by atoms with Crippen LogP contribution in [0.5, 0.6) is 0 Å². The van der Waals surface area contributed by atoms with Gasteiger partial charge in [-0.15, -0.1) is 0 Å². The van der Waals surface area contributed by atoms with Crippen LogP contribution in [0, 0.1) is 0 Å². The molecule has 2 heterocycles. The van der Waals surface area contributed by atoms with Crippen molar-refractivity contribution in [3.63, 3.8) is 0 Å². The molecule has 2 aromatic carbocycles. The third-order valence-corrected chi connectivity index (χ3v) is 14.5. The summed E-state index contributed by atoms with van der Waals surface area (Å²) in [6.07, 6.45) is 6.39. The standard InChI is InChI=1S/C40H56N2O17S4/c1-39(17-8-26-60(45,46)47)32-28-30(62(51,52)53)13-15-34(32)41(19-6-4-5-12-38(43)44)36(39)10-7-11-37-40(2,18-9-27-61(48,49)50)33-29-31(63(54,55)56)14-16-35(33)42(37)20-21-58-24-25-59-23-22-57-3/h7,10-11,13-16,28-29H,4-6,8-9,12,17-27H2,1-3H3,(H4-,43,44,45,46,47,48,49,50,51,52,53,54,55,56). The molecule has 0 amide bonds. The maximum Gasteiger partial charge on any atom is 0.303 e. The van der Waals surface area contributed by atoms with Crippen LogP contribution in [0.2, 0.25) is 0 Å². The summed E-state index contributed by atoms with van der Waals surface area (Å²) < 4.78 is 156. The van der Waals surface area contributed by atoms with E-state index in [1.54, 1.807) is 39.2 Å². The molecule has 2 unspecified atom stereocenters. The van der Waals surface area contributed by atoms with Crippen LogP contribution in [0.3, 0.4) is 0 Å². The predicted octanol–water partition coefficient (Wildman–Crippen LogP) is 4.07. The molecule has 19 nitrogen and oxygen atoms in total. The molecule has 0 spiro atoms. The average molecular weight is 965 g/mol. The number of anilines is 1. The molecule has 0 fully saturated rings. The lowest BCUT2D eigenvalue weighted by atomic mass is 9.75. The summed E-state index contributed by atoms with van der Waals surface area (Å²) in [5.74, 6) is -2.27. The van der Waals surface area contributed by atoms with Crippen molar-refractivity contribution < 1.29 is 80.6 Å². The number of hydrogen-bond acceptors (Lipinski definition) is 14. The zero-order chi connectivity index (χ0) is 46.9. The maximum atomic E-state index is 12.4. The van der Waals surface area contributed by atoms with Gasteiger partial charge in [0, 0.05) is 66.8 Å². The zero-order valence-electron chi connectivity index (χ0n) is 35.3. The van der Waals surface area contributed by atoms with Crippen molar-refractivity contribution in [1.29, 1.82) is 0 Å². The third-order valence-electron chi connectivity index (χ3n) is 11.2. The van der Waals surface area contributed by atoms with Gasteiger partial charge in [0.1, 0.15) is 6.54 Å². The first-order valence-corrected chi connectivity index (χ1v) is 26.2. The van der Waals surface area contributed by atoms with Gasteiger partial charge in [-0.1, -0.05) is 6.08 Å². The van der Waals surface area contributed by atoms with Crippen molar-refractivity contribution in [3.05, 3.63) is 71.5 Å². The summed E-state index contributed by atoms with van der Waals surface area (Å²) in [6.45, 7) is 5.42. The number of carboxylic acid groups (broad SMARTS) is 1. The molecule has 63 heavy (non-hydrogen) atoms. The summed E-state index contributed by atoms with van der Waals surface area (Å²) in [5.41, 5.74) is 0.707. The molecule has 2 atom stereocenters. The smallest absolute Gasteiger partial charge is 0.303 e. The first kappa shape index (κ1) is 52.0. The quantitative estimate of drug-likeness (QED) is 0.0557. The van der Waals surface area contributed by atoms with Gasteiger partial charge in [-0.3, -0.25) is 18.5 Å². The van der Waals surface area contributed by atoms with Crippen LogP contribution in [0.1, 0.15) is 76.3 Å². The van der Waals surface area contributed by atoms with E-state index in [1.807, 2.05) is 9.48 Å². The second kappa shape index (κ2) is 21.6. The van der Waals surface area contributed by atoms with E-state index in [0.717, 1.165) is 0 Å². The van der Waals surface area contributed by atoms with Crippen LogP contribution in [0.25, 0.3) is 0 Å². The Balaban J connectivity index is 1.89. The second-order valence-corrected chi connectivity index (χ2v) is 21.7. The number of carbonyl (C=O) groups is 1. The average Bonchev–Trinajstić information content (AvgIpc) is 3.53. The number of rotatable bonds is 27. The molecular formula is C40H56N2O17S4. The molecule has 352 valence electrons. The van der Waals surface area contributed by atoms with Crippen LogP contribution in [0.15, 0.2) is 70.1 Å². The number of carboxylic acids is 1. The van der Waals surface area contributed by atoms with E-state index in [-0.39, 0.29) is 58.5 Å². The van der Waals surface area contributed by atoms with Crippen molar-refractivity contribution in [2.24, 2.45) is 0 Å². The van der Waals surface area contributed by atoms with Crippen molar-refractivity contribution in [1.82, 2.24) is 0 Å². The predicted molar refractivity (Wildman–Crippen MR) is 231 cm³/mol. The van der Waals surface area contributed by atoms with Crippen LogP contribution in [0.4, 0.5) is 11.4 Å². The highest BCUT2D eigenvalue weighted by Crippen LogP contribution is 2.51. The highest BCUT2D eigenvalue weighted by Gasteiger charge is 2.48. The van der Waals surface area contributed by atoms with E-state index >= 15 is 0 Å². The van der Waals surface area contributed by atoms with Crippen molar-refractivity contribution >= 4 is 63.5 Å². The summed E-state index contributed by atoms with van der Waals surface area (Å²) in [5, 5.41) is 9.18. The summed E-state index contributed by atoms with van der Waals surface area (Å²) in [7, 11) is -16.9. The number of aliphatic carboxylic acids is 1. The van der Waals surface area contributed by atoms with Crippen molar-refractivity contribution in [2.75, 3.05) is 69.6 Å². The Bertz CT molecular complexity index is 2520. The monoisotopic (exact) mass is 964 g/mol. The van der Waals surface area contributed by atoms with Gasteiger partial charge in [0.15, 0.2) is 5.71 Å². The van der Waals surface area contributed by atoms with Gasteiger partial charge in [0.2, 0.25) is 5.69 Å². The Hall–Kier alpha value is -3.62. The normalized spacial score (nSPS) is 20.0. The molecular weight excluding hydrogens is 909 g/mol. The van der Waals surface area contributed by atoms with E-state index in [1.165, 1.54) is 36.4 Å². The Kier molecular flexibility index (Phi) is 17.8.